The van der Waals surface area contributed by atoms with Gasteiger partial charge < -0.3 is 15.5 Å². The fourth-order valence-electron chi connectivity index (χ4n) is 2.91. The molecule has 1 saturated heterocycles. The van der Waals surface area contributed by atoms with E-state index in [1.165, 1.54) is 0 Å². The number of rotatable bonds is 2. The Morgan fingerprint density at radius 3 is 2.79 bits per heavy atom. The average molecular weight is 279 g/mol. The molecule has 1 aromatic carbocycles. The number of aliphatic hydroxyl groups excluding tert-OH is 2. The zero-order valence-electron chi connectivity index (χ0n) is 10.5. The van der Waals surface area contributed by atoms with Crippen LogP contribution in [-0.4, -0.2) is 44.9 Å². The van der Waals surface area contributed by atoms with Gasteiger partial charge in [0.15, 0.2) is 0 Å². The summed E-state index contributed by atoms with van der Waals surface area (Å²) in [5.74, 6) is 0.506. The molecule has 19 heavy (non-hydrogen) atoms. The van der Waals surface area contributed by atoms with E-state index < -0.39 is 17.7 Å². The lowest BCUT2D eigenvalue weighted by atomic mass is 9.79. The second-order valence-electron chi connectivity index (χ2n) is 5.30. The minimum absolute atomic E-state index is 0.155. The number of nitrogens with one attached hydrogen (secondary N) is 1. The Morgan fingerprint density at radius 1 is 1.32 bits per heavy atom. The number of carbonyl (C=O) groups excluding carboxylic acids is 1. The first-order chi connectivity index (χ1) is 9.12. The molecule has 2 fully saturated rings. The predicted octanol–water partition coefficient (Wildman–Crippen LogP) is 0.786. The molecule has 1 amide bonds. The van der Waals surface area contributed by atoms with Gasteiger partial charge in [0.05, 0.1) is 23.0 Å². The highest BCUT2D eigenvalue weighted by Gasteiger charge is 2.54. The molecule has 4 atom stereocenters. The van der Waals surface area contributed by atoms with Crippen LogP contribution in [0.3, 0.4) is 0 Å². The maximum Gasteiger partial charge on any atom is 0.251 e. The van der Waals surface area contributed by atoms with Crippen molar-refractivity contribution in [2.45, 2.75) is 35.8 Å². The normalized spacial score (nSPS) is 37.1. The molecule has 2 aliphatic rings. The Labute approximate surface area is 116 Å². The van der Waals surface area contributed by atoms with Crippen molar-refractivity contribution in [2.24, 2.45) is 0 Å². The smallest absolute Gasteiger partial charge is 0.251 e. The second-order valence-corrected chi connectivity index (χ2v) is 6.47. The predicted molar refractivity (Wildman–Crippen MR) is 74.1 cm³/mol. The average Bonchev–Trinajstić information content (AvgIpc) is 2.64. The molecular formula is C14H17NO3S. The number of benzene rings is 1. The highest BCUT2D eigenvalue weighted by atomic mass is 32.2. The van der Waals surface area contributed by atoms with Crippen LogP contribution in [0, 0.1) is 0 Å². The zero-order valence-corrected chi connectivity index (χ0v) is 11.3. The van der Waals surface area contributed by atoms with E-state index in [-0.39, 0.29) is 11.2 Å². The largest absolute Gasteiger partial charge is 0.392 e. The third-order valence-corrected chi connectivity index (χ3v) is 5.71. The summed E-state index contributed by atoms with van der Waals surface area (Å²) in [5, 5.41) is 23.0. The Morgan fingerprint density at radius 2 is 2.05 bits per heavy atom. The van der Waals surface area contributed by atoms with Gasteiger partial charge in [-0.15, -0.1) is 0 Å². The summed E-state index contributed by atoms with van der Waals surface area (Å²) in [6, 6.07) is 9.02. The van der Waals surface area contributed by atoms with E-state index in [0.29, 0.717) is 24.2 Å². The van der Waals surface area contributed by atoms with Gasteiger partial charge in [-0.1, -0.05) is 18.2 Å². The van der Waals surface area contributed by atoms with Crippen LogP contribution in [0.1, 0.15) is 23.2 Å². The molecule has 1 aliphatic heterocycles. The van der Waals surface area contributed by atoms with E-state index in [0.717, 1.165) is 0 Å². The van der Waals surface area contributed by atoms with E-state index in [1.807, 2.05) is 18.2 Å². The fraction of sp³-hybridized carbons (Fsp3) is 0.500. The number of hydrogen-bond acceptors (Lipinski definition) is 4. The quantitative estimate of drug-likeness (QED) is 0.748. The van der Waals surface area contributed by atoms with Gasteiger partial charge in [0.25, 0.3) is 5.91 Å². The van der Waals surface area contributed by atoms with Crippen LogP contribution in [0.15, 0.2) is 30.3 Å². The van der Waals surface area contributed by atoms with Crippen LogP contribution in [0.4, 0.5) is 0 Å². The van der Waals surface area contributed by atoms with Crippen molar-refractivity contribution >= 4 is 17.7 Å². The Hall–Kier alpha value is -1.04. The lowest BCUT2D eigenvalue weighted by Crippen LogP contribution is -2.61. The van der Waals surface area contributed by atoms with Crippen LogP contribution >= 0.6 is 11.8 Å². The van der Waals surface area contributed by atoms with Gasteiger partial charge in [-0.2, -0.15) is 11.8 Å². The van der Waals surface area contributed by atoms with E-state index in [9.17, 15) is 15.0 Å². The summed E-state index contributed by atoms with van der Waals surface area (Å²) in [5.41, 5.74) is 0.0187. The summed E-state index contributed by atoms with van der Waals surface area (Å²) in [7, 11) is 0. The number of aliphatic hydroxyl groups is 2. The van der Waals surface area contributed by atoms with Gasteiger partial charge in [-0.25, -0.2) is 0 Å². The van der Waals surface area contributed by atoms with E-state index in [2.05, 4.69) is 5.32 Å². The van der Waals surface area contributed by atoms with Crippen molar-refractivity contribution in [1.29, 1.82) is 0 Å². The van der Waals surface area contributed by atoms with Gasteiger partial charge in [-0.05, 0) is 25.0 Å². The lowest BCUT2D eigenvalue weighted by Gasteiger charge is -2.39. The van der Waals surface area contributed by atoms with Crippen molar-refractivity contribution in [3.05, 3.63) is 35.9 Å². The number of amides is 1. The monoisotopic (exact) mass is 279 g/mol. The van der Waals surface area contributed by atoms with Crippen molar-refractivity contribution < 1.29 is 15.0 Å². The Balaban J connectivity index is 1.78. The standard InChI is InChI=1S/C14H17NO3S/c16-10-6-7-14(8-19-11(10)12(14)17)15-13(18)9-4-2-1-3-5-9/h1-5,10-12,16-17H,6-8H2,(H,15,18)/t10-,11+,12-,14-/m0/s1. The maximum atomic E-state index is 12.2. The highest BCUT2D eigenvalue weighted by molar-refractivity contribution is 8.00. The zero-order chi connectivity index (χ0) is 13.5. The molecule has 1 aromatic rings. The minimum Gasteiger partial charge on any atom is -0.392 e. The molecule has 0 spiro atoms. The third-order valence-electron chi connectivity index (χ3n) is 4.07. The Kier molecular flexibility index (Phi) is 3.28. The third kappa shape index (κ3) is 2.16. The van der Waals surface area contributed by atoms with E-state index >= 15 is 0 Å². The Bertz CT molecular complexity index is 481. The highest BCUT2D eigenvalue weighted by Crippen LogP contribution is 2.45. The molecule has 2 bridgehead atoms. The molecule has 102 valence electrons. The molecule has 0 radical (unpaired) electrons. The number of thioether (sulfide) groups is 1. The van der Waals surface area contributed by atoms with Gasteiger partial charge in [0.2, 0.25) is 0 Å². The van der Waals surface area contributed by atoms with Crippen LogP contribution < -0.4 is 5.32 Å². The number of carbonyl (C=O) groups is 1. The summed E-state index contributed by atoms with van der Waals surface area (Å²) in [4.78, 5) is 12.2. The van der Waals surface area contributed by atoms with E-state index in [1.54, 1.807) is 23.9 Å². The summed E-state index contributed by atoms with van der Waals surface area (Å²) < 4.78 is 0. The first-order valence-electron chi connectivity index (χ1n) is 6.48. The fourth-order valence-corrected chi connectivity index (χ4v) is 4.59. The van der Waals surface area contributed by atoms with Gasteiger partial charge in [-0.3, -0.25) is 4.79 Å². The summed E-state index contributed by atoms with van der Waals surface area (Å²) >= 11 is 1.55. The molecule has 3 N–H and O–H groups in total. The number of fused-ring (bicyclic) bond motifs is 2. The van der Waals surface area contributed by atoms with Gasteiger partial charge in [0, 0.05) is 11.3 Å². The molecule has 0 aromatic heterocycles. The first kappa shape index (κ1) is 13.0. The van der Waals surface area contributed by atoms with Gasteiger partial charge in [0.1, 0.15) is 0 Å². The molecule has 0 unspecified atom stereocenters. The molecule has 1 heterocycles. The second kappa shape index (κ2) is 4.81. The molecule has 4 nitrogen and oxygen atoms in total. The molecular weight excluding hydrogens is 262 g/mol. The summed E-state index contributed by atoms with van der Waals surface area (Å²) in [6.07, 6.45) is 0.111. The first-order valence-corrected chi connectivity index (χ1v) is 7.53. The van der Waals surface area contributed by atoms with Crippen LogP contribution in [-0.2, 0) is 0 Å². The van der Waals surface area contributed by atoms with Crippen molar-refractivity contribution in [2.75, 3.05) is 5.75 Å². The van der Waals surface area contributed by atoms with Crippen LogP contribution in [0.5, 0.6) is 0 Å². The van der Waals surface area contributed by atoms with Crippen molar-refractivity contribution in [3.63, 3.8) is 0 Å². The van der Waals surface area contributed by atoms with Crippen molar-refractivity contribution in [3.8, 4) is 0 Å². The topological polar surface area (TPSA) is 69.6 Å². The maximum absolute atomic E-state index is 12.2. The molecule has 5 heteroatoms. The lowest BCUT2D eigenvalue weighted by molar-refractivity contribution is -0.00240. The molecule has 3 rings (SSSR count). The molecule has 1 saturated carbocycles. The SMILES string of the molecule is O=C(N[C@@]12CC[C@H](O)[C@@H](SC1)[C@@H]2O)c1ccccc1. The van der Waals surface area contributed by atoms with E-state index in [4.69, 9.17) is 0 Å². The van der Waals surface area contributed by atoms with Crippen LogP contribution in [0.2, 0.25) is 0 Å². The number of hydrogen-bond donors (Lipinski definition) is 3. The van der Waals surface area contributed by atoms with Gasteiger partial charge >= 0.3 is 0 Å². The molecule has 1 aliphatic carbocycles. The summed E-state index contributed by atoms with van der Waals surface area (Å²) in [6.45, 7) is 0. The van der Waals surface area contributed by atoms with Crippen molar-refractivity contribution in [1.82, 2.24) is 5.32 Å². The minimum atomic E-state index is -0.672. The van der Waals surface area contributed by atoms with Crippen LogP contribution in [0.25, 0.3) is 0 Å².